The fraction of sp³-hybridized carbons (Fsp3) is 0. The van der Waals surface area contributed by atoms with Crippen LogP contribution in [0.1, 0.15) is 0 Å². The van der Waals surface area contributed by atoms with Crippen molar-refractivity contribution in [1.82, 2.24) is 15.0 Å². The Bertz CT molecular complexity index is 711. The SMILES string of the molecule is Nc1nc(=S)nc(NS(=O)(=O)c2ccccc2)[nH]1. The first-order chi connectivity index (χ1) is 8.47. The van der Waals surface area contributed by atoms with Crippen molar-refractivity contribution >= 4 is 34.1 Å². The van der Waals surface area contributed by atoms with Crippen molar-refractivity contribution in [1.29, 1.82) is 0 Å². The van der Waals surface area contributed by atoms with Gasteiger partial charge in [0.25, 0.3) is 10.0 Å². The summed E-state index contributed by atoms with van der Waals surface area (Å²) in [6.45, 7) is 0. The molecule has 0 aliphatic rings. The van der Waals surface area contributed by atoms with Crippen molar-refractivity contribution in [2.45, 2.75) is 4.90 Å². The molecule has 0 fully saturated rings. The molecule has 7 nitrogen and oxygen atoms in total. The van der Waals surface area contributed by atoms with E-state index in [0.717, 1.165) is 0 Å². The molecule has 0 bridgehead atoms. The van der Waals surface area contributed by atoms with Gasteiger partial charge in [-0.25, -0.2) is 13.1 Å². The Kier molecular flexibility index (Phi) is 3.26. The minimum Gasteiger partial charge on any atom is -0.369 e. The number of nitrogens with one attached hydrogen (secondary N) is 2. The number of benzene rings is 1. The molecule has 0 saturated carbocycles. The number of hydrogen-bond donors (Lipinski definition) is 3. The van der Waals surface area contributed by atoms with E-state index < -0.39 is 10.0 Å². The summed E-state index contributed by atoms with van der Waals surface area (Å²) in [4.78, 5) is 9.94. The Morgan fingerprint density at radius 1 is 1.22 bits per heavy atom. The highest BCUT2D eigenvalue weighted by Gasteiger charge is 2.14. The van der Waals surface area contributed by atoms with Gasteiger partial charge >= 0.3 is 0 Å². The van der Waals surface area contributed by atoms with Crippen molar-refractivity contribution in [3.8, 4) is 0 Å². The molecule has 1 aromatic carbocycles. The molecule has 0 saturated heterocycles. The van der Waals surface area contributed by atoms with Gasteiger partial charge in [-0.3, -0.25) is 4.98 Å². The maximum Gasteiger partial charge on any atom is 0.264 e. The molecule has 18 heavy (non-hydrogen) atoms. The van der Waals surface area contributed by atoms with E-state index in [1.54, 1.807) is 18.2 Å². The number of aromatic amines is 1. The predicted octanol–water partition coefficient (Wildman–Crippen LogP) is 0.917. The molecule has 2 aromatic rings. The smallest absolute Gasteiger partial charge is 0.264 e. The molecule has 1 heterocycles. The lowest BCUT2D eigenvalue weighted by Gasteiger charge is -2.06. The van der Waals surface area contributed by atoms with Gasteiger partial charge in [0.15, 0.2) is 0 Å². The van der Waals surface area contributed by atoms with Gasteiger partial charge in [-0.05, 0) is 24.4 Å². The summed E-state index contributed by atoms with van der Waals surface area (Å²) in [5.74, 6) is -0.0860. The number of nitrogens with zero attached hydrogens (tertiary/aromatic N) is 2. The summed E-state index contributed by atoms with van der Waals surface area (Å²) in [5, 5.41) is 0. The number of sulfonamides is 1. The van der Waals surface area contributed by atoms with E-state index in [2.05, 4.69) is 19.7 Å². The zero-order valence-corrected chi connectivity index (χ0v) is 10.6. The number of rotatable bonds is 3. The fourth-order valence-electron chi connectivity index (χ4n) is 1.24. The standard InChI is InChI=1S/C9H9N5O2S2/c10-7-11-8(13-9(17)12-7)14-18(15,16)6-4-2-1-3-5-6/h1-5H,(H4,10,11,12,13,14,17). The summed E-state index contributed by atoms with van der Waals surface area (Å²) >= 11 is 4.74. The minimum absolute atomic E-state index is 0.0132. The first-order valence-corrected chi connectivity index (χ1v) is 6.68. The Morgan fingerprint density at radius 3 is 2.50 bits per heavy atom. The molecule has 94 valence electrons. The normalized spacial score (nSPS) is 11.1. The van der Waals surface area contributed by atoms with E-state index in [0.29, 0.717) is 0 Å². The summed E-state index contributed by atoms with van der Waals surface area (Å²) in [6.07, 6.45) is 0. The summed E-state index contributed by atoms with van der Waals surface area (Å²) in [7, 11) is -3.72. The van der Waals surface area contributed by atoms with Crippen LogP contribution in [0.3, 0.4) is 0 Å². The van der Waals surface area contributed by atoms with E-state index in [1.807, 2.05) is 0 Å². The molecule has 4 N–H and O–H groups in total. The largest absolute Gasteiger partial charge is 0.369 e. The van der Waals surface area contributed by atoms with Gasteiger partial charge in [-0.2, -0.15) is 9.97 Å². The molecular formula is C9H9N5O2S2. The highest BCUT2D eigenvalue weighted by atomic mass is 32.2. The first-order valence-electron chi connectivity index (χ1n) is 4.79. The molecule has 0 atom stereocenters. The second kappa shape index (κ2) is 4.70. The molecule has 1 aromatic heterocycles. The summed E-state index contributed by atoms with van der Waals surface area (Å²) < 4.78 is 26.1. The highest BCUT2D eigenvalue weighted by molar-refractivity contribution is 7.92. The van der Waals surface area contributed by atoms with Gasteiger partial charge in [0.05, 0.1) is 4.90 Å². The van der Waals surface area contributed by atoms with Gasteiger partial charge in [0.2, 0.25) is 16.7 Å². The lowest BCUT2D eigenvalue weighted by Crippen LogP contribution is -2.16. The third-order valence-corrected chi connectivity index (χ3v) is 3.49. The quantitative estimate of drug-likeness (QED) is 0.722. The highest BCUT2D eigenvalue weighted by Crippen LogP contribution is 2.12. The average Bonchev–Trinajstić information content (AvgIpc) is 2.28. The Labute approximate surface area is 108 Å². The van der Waals surface area contributed by atoms with Crippen LogP contribution >= 0.6 is 12.2 Å². The Morgan fingerprint density at radius 2 is 1.89 bits per heavy atom. The average molecular weight is 283 g/mol. The lowest BCUT2D eigenvalue weighted by molar-refractivity contribution is 0.601. The minimum atomic E-state index is -3.72. The third kappa shape index (κ3) is 2.81. The second-order valence-corrected chi connectivity index (χ2v) is 5.33. The van der Waals surface area contributed by atoms with Crippen LogP contribution in [-0.4, -0.2) is 23.4 Å². The number of anilines is 2. The number of hydrogen-bond acceptors (Lipinski definition) is 6. The van der Waals surface area contributed by atoms with E-state index in [1.165, 1.54) is 12.1 Å². The topological polar surface area (TPSA) is 114 Å². The molecule has 0 unspecified atom stereocenters. The van der Waals surface area contributed by atoms with E-state index in [9.17, 15) is 8.42 Å². The van der Waals surface area contributed by atoms with Crippen LogP contribution in [0.25, 0.3) is 0 Å². The van der Waals surface area contributed by atoms with Crippen LogP contribution in [0.5, 0.6) is 0 Å². The zero-order valence-electron chi connectivity index (χ0n) is 8.99. The number of nitrogens with two attached hydrogens (primary N) is 1. The molecule has 0 radical (unpaired) electrons. The van der Waals surface area contributed by atoms with Crippen molar-refractivity contribution in [3.63, 3.8) is 0 Å². The molecule has 2 rings (SSSR count). The van der Waals surface area contributed by atoms with Crippen LogP contribution in [0.2, 0.25) is 0 Å². The number of H-pyrrole nitrogens is 1. The molecule has 0 spiro atoms. The van der Waals surface area contributed by atoms with Crippen molar-refractivity contribution in [3.05, 3.63) is 35.1 Å². The van der Waals surface area contributed by atoms with Crippen LogP contribution in [0.15, 0.2) is 35.2 Å². The van der Waals surface area contributed by atoms with E-state index >= 15 is 0 Å². The van der Waals surface area contributed by atoms with Crippen LogP contribution in [0, 0.1) is 4.77 Å². The van der Waals surface area contributed by atoms with Gasteiger partial charge in [-0.1, -0.05) is 18.2 Å². The lowest BCUT2D eigenvalue weighted by atomic mass is 10.4. The van der Waals surface area contributed by atoms with E-state index in [4.69, 9.17) is 18.0 Å². The van der Waals surface area contributed by atoms with Gasteiger partial charge < -0.3 is 5.73 Å². The zero-order chi connectivity index (χ0) is 13.2. The number of aromatic nitrogens is 3. The number of nitrogen functional groups attached to an aromatic ring is 1. The monoisotopic (exact) mass is 283 g/mol. The van der Waals surface area contributed by atoms with E-state index in [-0.39, 0.29) is 21.6 Å². The van der Waals surface area contributed by atoms with Crippen LogP contribution in [0.4, 0.5) is 11.9 Å². The second-order valence-electron chi connectivity index (χ2n) is 3.28. The van der Waals surface area contributed by atoms with Gasteiger partial charge in [0.1, 0.15) is 0 Å². The molecule has 0 aliphatic carbocycles. The van der Waals surface area contributed by atoms with Crippen LogP contribution < -0.4 is 10.5 Å². The maximum absolute atomic E-state index is 12.0. The third-order valence-electron chi connectivity index (χ3n) is 1.95. The summed E-state index contributed by atoms with van der Waals surface area (Å²) in [5.41, 5.74) is 5.41. The fourth-order valence-corrected chi connectivity index (χ4v) is 2.41. The van der Waals surface area contributed by atoms with Crippen LogP contribution in [-0.2, 0) is 10.0 Å². The predicted molar refractivity (Wildman–Crippen MR) is 68.9 cm³/mol. The van der Waals surface area contributed by atoms with Crippen molar-refractivity contribution in [2.24, 2.45) is 0 Å². The first kappa shape index (κ1) is 12.5. The summed E-state index contributed by atoms with van der Waals surface area (Å²) in [6, 6.07) is 7.87. The van der Waals surface area contributed by atoms with Crippen molar-refractivity contribution < 1.29 is 8.42 Å². The van der Waals surface area contributed by atoms with Crippen molar-refractivity contribution in [2.75, 3.05) is 10.5 Å². The molecule has 9 heteroatoms. The Balaban J connectivity index is 2.37. The van der Waals surface area contributed by atoms with Gasteiger partial charge in [-0.15, -0.1) is 0 Å². The Hall–Kier alpha value is -2.00. The molecule has 0 aliphatic heterocycles. The molecular weight excluding hydrogens is 274 g/mol. The maximum atomic E-state index is 12.0. The molecule has 0 amide bonds. The van der Waals surface area contributed by atoms with Gasteiger partial charge in [0, 0.05) is 0 Å².